The number of H-pyrrole nitrogens is 1. The minimum Gasteiger partial charge on any atom is -0.493 e. The summed E-state index contributed by atoms with van der Waals surface area (Å²) < 4.78 is 5.70. The van der Waals surface area contributed by atoms with Gasteiger partial charge in [-0.25, -0.2) is 0 Å². The smallest absolute Gasteiger partial charge is 0.224 e. The van der Waals surface area contributed by atoms with Crippen LogP contribution in [0.5, 0.6) is 5.75 Å². The molecule has 1 saturated carbocycles. The van der Waals surface area contributed by atoms with Crippen molar-refractivity contribution in [3.8, 4) is 5.75 Å². The topological polar surface area (TPSA) is 67.0 Å². The van der Waals surface area contributed by atoms with Crippen LogP contribution in [-0.2, 0) is 16.8 Å². The van der Waals surface area contributed by atoms with Crippen molar-refractivity contribution in [1.82, 2.24) is 15.5 Å². The monoisotopic (exact) mass is 317 g/mol. The predicted octanol–water partition coefficient (Wildman–Crippen LogP) is 2.42. The van der Waals surface area contributed by atoms with Gasteiger partial charge in [-0.15, -0.1) is 0 Å². The van der Waals surface area contributed by atoms with Gasteiger partial charge in [-0.2, -0.15) is 5.10 Å². The lowest BCUT2D eigenvalue weighted by Crippen LogP contribution is -2.30. The molecule has 22 heavy (non-hydrogen) atoms. The molecule has 1 aliphatic heterocycles. The number of halogens is 1. The molecular weight excluding hydrogens is 302 g/mol. The lowest BCUT2D eigenvalue weighted by molar-refractivity contribution is -0.123. The van der Waals surface area contributed by atoms with Crippen molar-refractivity contribution >= 4 is 17.5 Å². The van der Waals surface area contributed by atoms with E-state index in [1.54, 1.807) is 12.4 Å². The fraction of sp³-hybridized carbons (Fsp3) is 0.375. The highest BCUT2D eigenvalue weighted by Gasteiger charge is 2.61. The van der Waals surface area contributed by atoms with Crippen LogP contribution in [0.25, 0.3) is 0 Å². The molecule has 1 aromatic heterocycles. The molecule has 114 valence electrons. The van der Waals surface area contributed by atoms with Crippen LogP contribution in [0.2, 0.25) is 5.02 Å². The summed E-state index contributed by atoms with van der Waals surface area (Å²) in [5.41, 5.74) is 1.95. The maximum Gasteiger partial charge on any atom is 0.224 e. The van der Waals surface area contributed by atoms with E-state index in [4.69, 9.17) is 16.3 Å². The molecule has 2 heterocycles. The lowest BCUT2D eigenvalue weighted by atomic mass is 9.87. The highest BCUT2D eigenvalue weighted by Crippen LogP contribution is 2.61. The third-order valence-corrected chi connectivity index (χ3v) is 4.93. The molecule has 2 aromatic rings. The van der Waals surface area contributed by atoms with E-state index in [1.807, 2.05) is 18.2 Å². The molecule has 0 unspecified atom stereocenters. The maximum atomic E-state index is 12.5. The van der Waals surface area contributed by atoms with Crippen LogP contribution in [0, 0.1) is 5.92 Å². The summed E-state index contributed by atoms with van der Waals surface area (Å²) in [6.45, 7) is 1.15. The Morgan fingerprint density at radius 3 is 3.27 bits per heavy atom. The van der Waals surface area contributed by atoms with E-state index in [2.05, 4.69) is 15.5 Å². The number of aromatic amines is 1. The lowest BCUT2D eigenvalue weighted by Gasteiger charge is -2.27. The van der Waals surface area contributed by atoms with Gasteiger partial charge >= 0.3 is 0 Å². The van der Waals surface area contributed by atoms with E-state index in [0.29, 0.717) is 18.2 Å². The molecule has 4 rings (SSSR count). The number of benzene rings is 1. The van der Waals surface area contributed by atoms with Gasteiger partial charge in [0.2, 0.25) is 5.91 Å². The Morgan fingerprint density at radius 2 is 2.45 bits per heavy atom. The summed E-state index contributed by atoms with van der Waals surface area (Å²) in [7, 11) is 0. The number of amides is 1. The third-order valence-electron chi connectivity index (χ3n) is 4.70. The molecule has 1 spiro atoms. The number of fused-ring (bicyclic) bond motifs is 2. The second-order valence-electron chi connectivity index (χ2n) is 5.98. The van der Waals surface area contributed by atoms with Crippen LogP contribution >= 0.6 is 11.6 Å². The Labute approximate surface area is 133 Å². The van der Waals surface area contributed by atoms with Gasteiger partial charge in [-0.3, -0.25) is 9.89 Å². The van der Waals surface area contributed by atoms with E-state index < -0.39 is 0 Å². The molecule has 0 saturated heterocycles. The molecule has 0 radical (unpaired) electrons. The zero-order valence-electron chi connectivity index (χ0n) is 11.9. The Bertz CT molecular complexity index is 716. The van der Waals surface area contributed by atoms with Crippen LogP contribution in [0.15, 0.2) is 30.6 Å². The van der Waals surface area contributed by atoms with Crippen LogP contribution in [0.1, 0.15) is 24.0 Å². The Balaban J connectivity index is 1.51. The van der Waals surface area contributed by atoms with Gasteiger partial charge in [-0.05, 0) is 31.0 Å². The summed E-state index contributed by atoms with van der Waals surface area (Å²) in [5, 5.41) is 10.3. The Hall–Kier alpha value is -2.01. The van der Waals surface area contributed by atoms with Gasteiger partial charge < -0.3 is 10.1 Å². The standard InChI is InChI=1S/C16H16ClN3O2/c17-11-1-2-14-12(5-11)16(3-4-22-14)6-13(16)15(21)18-7-10-8-19-20-9-10/h1-2,5,8-9,13H,3-4,6-7H2,(H,18,21)(H,19,20)/t13-,16-/m1/s1. The minimum atomic E-state index is -0.0983. The zero-order chi connectivity index (χ0) is 15.2. The van der Waals surface area contributed by atoms with Crippen LogP contribution < -0.4 is 10.1 Å². The molecule has 2 atom stereocenters. The summed E-state index contributed by atoms with van der Waals surface area (Å²) in [6.07, 6.45) is 5.23. The number of hydrogen-bond acceptors (Lipinski definition) is 3. The van der Waals surface area contributed by atoms with Gasteiger partial charge in [-0.1, -0.05) is 11.6 Å². The zero-order valence-corrected chi connectivity index (χ0v) is 12.7. The predicted molar refractivity (Wildman–Crippen MR) is 81.8 cm³/mol. The summed E-state index contributed by atoms with van der Waals surface area (Å²) >= 11 is 6.12. The van der Waals surface area contributed by atoms with Crippen LogP contribution in [0.3, 0.4) is 0 Å². The first kappa shape index (κ1) is 13.6. The van der Waals surface area contributed by atoms with Crippen molar-refractivity contribution < 1.29 is 9.53 Å². The second-order valence-corrected chi connectivity index (χ2v) is 6.41. The normalized spacial score (nSPS) is 25.4. The first-order chi connectivity index (χ1) is 10.7. The molecular formula is C16H16ClN3O2. The van der Waals surface area contributed by atoms with Crippen molar-refractivity contribution in [2.75, 3.05) is 6.61 Å². The number of nitrogens with zero attached hydrogens (tertiary/aromatic N) is 1. The highest BCUT2D eigenvalue weighted by atomic mass is 35.5. The van der Waals surface area contributed by atoms with E-state index >= 15 is 0 Å². The van der Waals surface area contributed by atoms with E-state index in [0.717, 1.165) is 29.7 Å². The molecule has 2 N–H and O–H groups in total. The second kappa shape index (κ2) is 5.02. The summed E-state index contributed by atoms with van der Waals surface area (Å²) in [6, 6.07) is 5.67. The van der Waals surface area contributed by atoms with Crippen molar-refractivity contribution in [1.29, 1.82) is 0 Å². The van der Waals surface area contributed by atoms with E-state index in [9.17, 15) is 4.79 Å². The number of hydrogen-bond donors (Lipinski definition) is 2. The van der Waals surface area contributed by atoms with Crippen LogP contribution in [-0.4, -0.2) is 22.7 Å². The molecule has 6 heteroatoms. The maximum absolute atomic E-state index is 12.5. The first-order valence-electron chi connectivity index (χ1n) is 7.37. The molecule has 0 bridgehead atoms. The number of aromatic nitrogens is 2. The van der Waals surface area contributed by atoms with Crippen molar-refractivity contribution in [3.63, 3.8) is 0 Å². The first-order valence-corrected chi connectivity index (χ1v) is 7.75. The molecule has 1 amide bonds. The Morgan fingerprint density at radius 1 is 1.55 bits per heavy atom. The number of nitrogens with one attached hydrogen (secondary N) is 2. The fourth-order valence-electron chi connectivity index (χ4n) is 3.40. The molecule has 1 fully saturated rings. The highest BCUT2D eigenvalue weighted by molar-refractivity contribution is 6.30. The van der Waals surface area contributed by atoms with Crippen molar-refractivity contribution in [2.24, 2.45) is 5.92 Å². The number of carbonyl (C=O) groups is 1. The van der Waals surface area contributed by atoms with E-state index in [1.165, 1.54) is 0 Å². The average molecular weight is 318 g/mol. The number of ether oxygens (including phenoxy) is 1. The SMILES string of the molecule is O=C(NCc1cn[nH]c1)[C@H]1C[C@@]12CCOc1ccc(Cl)cc12. The number of carbonyl (C=O) groups excluding carboxylic acids is 1. The Kier molecular flexibility index (Phi) is 3.11. The summed E-state index contributed by atoms with van der Waals surface area (Å²) in [5.74, 6) is 0.954. The molecule has 5 nitrogen and oxygen atoms in total. The fourth-order valence-corrected chi connectivity index (χ4v) is 3.58. The van der Waals surface area contributed by atoms with Gasteiger partial charge in [0, 0.05) is 40.2 Å². The quantitative estimate of drug-likeness (QED) is 0.913. The van der Waals surface area contributed by atoms with Crippen LogP contribution in [0.4, 0.5) is 0 Å². The number of rotatable bonds is 3. The third kappa shape index (κ3) is 2.16. The van der Waals surface area contributed by atoms with Gasteiger partial charge in [0.15, 0.2) is 0 Å². The van der Waals surface area contributed by atoms with Gasteiger partial charge in [0.1, 0.15) is 5.75 Å². The molecule has 1 aromatic carbocycles. The van der Waals surface area contributed by atoms with Gasteiger partial charge in [0.25, 0.3) is 0 Å². The summed E-state index contributed by atoms with van der Waals surface area (Å²) in [4.78, 5) is 12.5. The average Bonchev–Trinajstić information content (AvgIpc) is 2.99. The molecule has 1 aliphatic carbocycles. The van der Waals surface area contributed by atoms with E-state index in [-0.39, 0.29) is 17.2 Å². The largest absolute Gasteiger partial charge is 0.493 e. The van der Waals surface area contributed by atoms with Crippen molar-refractivity contribution in [3.05, 3.63) is 46.7 Å². The van der Waals surface area contributed by atoms with Crippen molar-refractivity contribution in [2.45, 2.75) is 24.8 Å². The minimum absolute atomic E-state index is 0.000479. The molecule has 2 aliphatic rings. The van der Waals surface area contributed by atoms with Gasteiger partial charge in [0.05, 0.1) is 12.8 Å².